The van der Waals surface area contributed by atoms with Crippen molar-refractivity contribution in [1.82, 2.24) is 9.21 Å². The van der Waals surface area contributed by atoms with Crippen LogP contribution in [0, 0.1) is 0 Å². The summed E-state index contributed by atoms with van der Waals surface area (Å²) in [4.78, 5) is 12.6. The largest absolute Gasteiger partial charge is 0.453 e. The Hall–Kier alpha value is -0.420. The summed E-state index contributed by atoms with van der Waals surface area (Å²) in [7, 11) is 1.40. The Bertz CT molecular complexity index is 146. The van der Waals surface area contributed by atoms with Crippen LogP contribution in [0.15, 0.2) is 0 Å². The van der Waals surface area contributed by atoms with Gasteiger partial charge in [0.15, 0.2) is 0 Å². The van der Waals surface area contributed by atoms with Crippen molar-refractivity contribution in [3.8, 4) is 0 Å². The van der Waals surface area contributed by atoms with E-state index in [4.69, 9.17) is 0 Å². The molecule has 0 spiro atoms. The quantitative estimate of drug-likeness (QED) is 0.536. The van der Waals surface area contributed by atoms with E-state index in [0.717, 1.165) is 13.1 Å². The summed E-state index contributed by atoms with van der Waals surface area (Å²) in [6.07, 6.45) is -0.244. The van der Waals surface area contributed by atoms with Crippen LogP contribution in [0.4, 0.5) is 4.79 Å². The van der Waals surface area contributed by atoms with E-state index in [1.54, 1.807) is 4.90 Å². The predicted molar refractivity (Wildman–Crippen MR) is 44.5 cm³/mol. The fourth-order valence-corrected chi connectivity index (χ4v) is 1.19. The second-order valence-corrected chi connectivity index (χ2v) is 2.98. The molecule has 11 heavy (non-hydrogen) atoms. The molecule has 0 N–H and O–H groups in total. The van der Waals surface area contributed by atoms with Gasteiger partial charge in [-0.25, -0.2) is 9.10 Å². The average molecular weight is 176 g/mol. The maximum atomic E-state index is 10.9. The van der Waals surface area contributed by atoms with E-state index in [9.17, 15) is 4.79 Å². The van der Waals surface area contributed by atoms with Crippen molar-refractivity contribution >= 4 is 18.9 Å². The van der Waals surface area contributed by atoms with E-state index in [2.05, 4.69) is 17.6 Å². The summed E-state index contributed by atoms with van der Waals surface area (Å²) >= 11 is 4.15. The number of carbonyl (C=O) groups excluding carboxylic acids is 1. The van der Waals surface area contributed by atoms with Gasteiger partial charge in [0.25, 0.3) is 0 Å². The highest BCUT2D eigenvalue weighted by molar-refractivity contribution is 7.77. The van der Waals surface area contributed by atoms with Gasteiger partial charge in [-0.15, -0.1) is 0 Å². The van der Waals surface area contributed by atoms with Gasteiger partial charge in [0, 0.05) is 26.2 Å². The number of hydrogen-bond acceptors (Lipinski definition) is 4. The minimum Gasteiger partial charge on any atom is -0.453 e. The lowest BCUT2D eigenvalue weighted by Gasteiger charge is -2.30. The first-order valence-corrected chi connectivity index (χ1v) is 3.91. The van der Waals surface area contributed by atoms with Gasteiger partial charge in [-0.1, -0.05) is 12.8 Å². The zero-order valence-corrected chi connectivity index (χ0v) is 7.38. The number of rotatable bonds is 0. The third-order valence-corrected chi connectivity index (χ3v) is 2.09. The first kappa shape index (κ1) is 8.67. The van der Waals surface area contributed by atoms with E-state index < -0.39 is 0 Å². The van der Waals surface area contributed by atoms with Crippen molar-refractivity contribution in [2.75, 3.05) is 33.3 Å². The van der Waals surface area contributed by atoms with E-state index in [0.29, 0.717) is 13.1 Å². The number of carbonyl (C=O) groups is 1. The number of ether oxygens (including phenoxy) is 1. The van der Waals surface area contributed by atoms with Crippen LogP contribution >= 0.6 is 12.8 Å². The molecule has 1 aliphatic heterocycles. The lowest BCUT2D eigenvalue weighted by molar-refractivity contribution is 0.110. The summed E-state index contributed by atoms with van der Waals surface area (Å²) in [5, 5.41) is 0. The van der Waals surface area contributed by atoms with Crippen LogP contribution in [0.1, 0.15) is 0 Å². The minimum atomic E-state index is -0.244. The van der Waals surface area contributed by atoms with Crippen LogP contribution in [-0.4, -0.2) is 48.6 Å². The maximum Gasteiger partial charge on any atom is 0.409 e. The van der Waals surface area contributed by atoms with Crippen molar-refractivity contribution in [1.29, 1.82) is 0 Å². The van der Waals surface area contributed by atoms with Crippen LogP contribution in [0.25, 0.3) is 0 Å². The van der Waals surface area contributed by atoms with Gasteiger partial charge in [-0.05, 0) is 0 Å². The monoisotopic (exact) mass is 176 g/mol. The van der Waals surface area contributed by atoms with Gasteiger partial charge < -0.3 is 9.64 Å². The summed E-state index contributed by atoms with van der Waals surface area (Å²) in [6, 6.07) is 0. The number of nitrogens with zero attached hydrogens (tertiary/aromatic N) is 2. The molecule has 64 valence electrons. The van der Waals surface area contributed by atoms with Crippen LogP contribution in [0.3, 0.4) is 0 Å². The second-order valence-electron chi connectivity index (χ2n) is 2.41. The molecule has 1 fully saturated rings. The molecule has 0 aromatic carbocycles. The fourth-order valence-electron chi connectivity index (χ4n) is 1.01. The average Bonchev–Trinajstić information content (AvgIpc) is 2.05. The van der Waals surface area contributed by atoms with Gasteiger partial charge in [-0.2, -0.15) is 0 Å². The molecule has 0 radical (unpaired) electrons. The standard InChI is InChI=1S/C6H12N2O2S/c1-10-6(9)7-2-4-8(11)5-3-7/h11H,2-5H2,1H3. The van der Waals surface area contributed by atoms with E-state index in [-0.39, 0.29) is 6.09 Å². The van der Waals surface area contributed by atoms with Crippen LogP contribution in [0.5, 0.6) is 0 Å². The molecule has 1 heterocycles. The fraction of sp³-hybridized carbons (Fsp3) is 0.833. The molecule has 1 amide bonds. The smallest absolute Gasteiger partial charge is 0.409 e. The number of piperazine rings is 1. The van der Waals surface area contributed by atoms with Crippen LogP contribution in [-0.2, 0) is 4.74 Å². The Kier molecular flexibility index (Phi) is 3.02. The van der Waals surface area contributed by atoms with Crippen molar-refractivity contribution in [3.63, 3.8) is 0 Å². The minimum absolute atomic E-state index is 0.244. The van der Waals surface area contributed by atoms with Gasteiger partial charge in [0.2, 0.25) is 0 Å². The van der Waals surface area contributed by atoms with Crippen molar-refractivity contribution in [2.45, 2.75) is 0 Å². The van der Waals surface area contributed by atoms with Gasteiger partial charge in [0.1, 0.15) is 0 Å². The summed E-state index contributed by atoms with van der Waals surface area (Å²) < 4.78 is 6.46. The van der Waals surface area contributed by atoms with E-state index in [1.165, 1.54) is 7.11 Å². The van der Waals surface area contributed by atoms with E-state index in [1.807, 2.05) is 4.31 Å². The number of methoxy groups -OCH3 is 1. The van der Waals surface area contributed by atoms with E-state index >= 15 is 0 Å². The zero-order valence-electron chi connectivity index (χ0n) is 6.49. The number of thiol groups is 1. The highest BCUT2D eigenvalue weighted by Crippen LogP contribution is 2.04. The van der Waals surface area contributed by atoms with Crippen molar-refractivity contribution < 1.29 is 9.53 Å². The third-order valence-electron chi connectivity index (χ3n) is 1.69. The first-order valence-electron chi connectivity index (χ1n) is 3.51. The Balaban J connectivity index is 2.33. The predicted octanol–water partition coefficient (Wildman–Crippen LogP) is 0.215. The molecule has 0 aliphatic carbocycles. The van der Waals surface area contributed by atoms with Crippen LogP contribution in [0.2, 0.25) is 0 Å². The molecule has 5 heteroatoms. The third kappa shape index (κ3) is 2.27. The Morgan fingerprint density at radius 1 is 1.36 bits per heavy atom. The molecule has 0 aromatic rings. The molecule has 4 nitrogen and oxygen atoms in total. The maximum absolute atomic E-state index is 10.9. The number of amides is 1. The summed E-state index contributed by atoms with van der Waals surface area (Å²) in [6.45, 7) is 3.02. The molecule has 1 aliphatic rings. The highest BCUT2D eigenvalue weighted by atomic mass is 32.1. The lowest BCUT2D eigenvalue weighted by atomic mass is 10.4. The molecule has 0 bridgehead atoms. The second kappa shape index (κ2) is 3.82. The van der Waals surface area contributed by atoms with Gasteiger partial charge in [0.05, 0.1) is 7.11 Å². The molecule has 0 saturated carbocycles. The van der Waals surface area contributed by atoms with Gasteiger partial charge >= 0.3 is 6.09 Å². The normalized spacial score (nSPS) is 20.0. The molecule has 0 unspecified atom stereocenters. The molecule has 1 rings (SSSR count). The molecule has 0 aromatic heterocycles. The van der Waals surface area contributed by atoms with Gasteiger partial charge in [-0.3, -0.25) is 0 Å². The first-order chi connectivity index (χ1) is 5.24. The lowest BCUT2D eigenvalue weighted by Crippen LogP contribution is -2.45. The Labute approximate surface area is 71.6 Å². The Morgan fingerprint density at radius 2 is 1.91 bits per heavy atom. The molecular weight excluding hydrogens is 164 g/mol. The molecule has 1 saturated heterocycles. The topological polar surface area (TPSA) is 32.8 Å². The van der Waals surface area contributed by atoms with Crippen LogP contribution < -0.4 is 0 Å². The molecule has 0 atom stereocenters. The van der Waals surface area contributed by atoms with Crippen molar-refractivity contribution in [3.05, 3.63) is 0 Å². The summed E-state index contributed by atoms with van der Waals surface area (Å²) in [5.74, 6) is 0. The summed E-state index contributed by atoms with van der Waals surface area (Å²) in [5.41, 5.74) is 0. The highest BCUT2D eigenvalue weighted by Gasteiger charge is 2.19. The Morgan fingerprint density at radius 3 is 2.36 bits per heavy atom. The van der Waals surface area contributed by atoms with Crippen molar-refractivity contribution in [2.24, 2.45) is 0 Å². The molecular formula is C6H12N2O2S. The SMILES string of the molecule is COC(=O)N1CCN(S)CC1. The number of hydrogen-bond donors (Lipinski definition) is 1. The zero-order chi connectivity index (χ0) is 8.27.